The van der Waals surface area contributed by atoms with E-state index in [2.05, 4.69) is 4.74 Å². The molecule has 0 fully saturated rings. The van der Waals surface area contributed by atoms with Gasteiger partial charge in [0.25, 0.3) is 0 Å². The minimum Gasteiger partial charge on any atom is -0.450 e. The molecule has 0 atom stereocenters. The maximum atomic E-state index is 9.94. The minimum atomic E-state index is -1.24. The molecule has 0 saturated heterocycles. The van der Waals surface area contributed by atoms with E-state index < -0.39 is 6.16 Å². The number of carboxylic acid groups (broad SMARTS) is 1. The predicted octanol–water partition coefficient (Wildman–Crippen LogP) is 2.21. The first-order valence-corrected chi connectivity index (χ1v) is 4.58. The molecule has 0 aromatic carbocycles. The third-order valence-electron chi connectivity index (χ3n) is 1.16. The van der Waals surface area contributed by atoms with Gasteiger partial charge in [0.1, 0.15) is 0 Å². The average molecular weight is 206 g/mol. The molecule has 0 aromatic rings. The van der Waals surface area contributed by atoms with E-state index in [1.807, 2.05) is 20.8 Å². The Morgan fingerprint density at radius 3 is 2.29 bits per heavy atom. The Morgan fingerprint density at radius 1 is 1.21 bits per heavy atom. The van der Waals surface area contributed by atoms with Crippen LogP contribution in [-0.2, 0) is 14.5 Å². The highest BCUT2D eigenvalue weighted by Crippen LogP contribution is 2.07. The van der Waals surface area contributed by atoms with Gasteiger partial charge in [-0.2, -0.15) is 0 Å². The summed E-state index contributed by atoms with van der Waals surface area (Å²) in [6, 6.07) is 0. The lowest BCUT2D eigenvalue weighted by Gasteiger charge is -2.17. The zero-order valence-electron chi connectivity index (χ0n) is 8.91. The summed E-state index contributed by atoms with van der Waals surface area (Å²) in [6.45, 7) is 6.32. The van der Waals surface area contributed by atoms with Crippen LogP contribution in [0.3, 0.4) is 0 Å². The van der Waals surface area contributed by atoms with Crippen LogP contribution in [0.2, 0.25) is 0 Å². The van der Waals surface area contributed by atoms with E-state index >= 15 is 0 Å². The summed E-state index contributed by atoms with van der Waals surface area (Å²) in [7, 11) is 0. The van der Waals surface area contributed by atoms with E-state index in [0.717, 1.165) is 0 Å². The lowest BCUT2D eigenvalue weighted by molar-refractivity contribution is -0.348. The van der Waals surface area contributed by atoms with Gasteiger partial charge < -0.3 is 9.84 Å². The highest BCUT2D eigenvalue weighted by atomic mass is 17.2. The first-order valence-electron chi connectivity index (χ1n) is 4.58. The summed E-state index contributed by atoms with van der Waals surface area (Å²) in [5.74, 6) is 0. The topological polar surface area (TPSA) is 65.0 Å². The number of hydrogen-bond acceptors (Lipinski definition) is 4. The van der Waals surface area contributed by atoms with E-state index in [1.54, 1.807) is 0 Å². The van der Waals surface area contributed by atoms with Crippen LogP contribution in [0.15, 0.2) is 0 Å². The largest absolute Gasteiger partial charge is 0.505 e. The van der Waals surface area contributed by atoms with Crippen LogP contribution in [-0.4, -0.2) is 30.1 Å². The van der Waals surface area contributed by atoms with Crippen molar-refractivity contribution < 1.29 is 24.4 Å². The Labute approximate surface area is 83.9 Å². The average Bonchev–Trinajstić information content (AvgIpc) is 2.00. The van der Waals surface area contributed by atoms with Crippen molar-refractivity contribution in [2.45, 2.75) is 39.2 Å². The van der Waals surface area contributed by atoms with Crippen molar-refractivity contribution in [3.8, 4) is 0 Å². The molecule has 0 unspecified atom stereocenters. The van der Waals surface area contributed by atoms with E-state index in [1.165, 1.54) is 0 Å². The Balaban J connectivity index is 3.11. The molecule has 0 aromatic heterocycles. The maximum Gasteiger partial charge on any atom is 0.505 e. The quantitative estimate of drug-likeness (QED) is 0.312. The number of unbranched alkanes of at least 4 members (excludes halogenated alkanes) is 1. The van der Waals surface area contributed by atoms with E-state index in [4.69, 9.17) is 14.9 Å². The molecule has 0 heterocycles. The van der Waals surface area contributed by atoms with Crippen molar-refractivity contribution in [1.29, 1.82) is 0 Å². The Bertz CT molecular complexity index is 161. The monoisotopic (exact) mass is 206 g/mol. The van der Waals surface area contributed by atoms with Crippen molar-refractivity contribution in [1.82, 2.24) is 0 Å². The molecule has 0 amide bonds. The van der Waals surface area contributed by atoms with Crippen molar-refractivity contribution in [3.05, 3.63) is 0 Å². The Hall–Kier alpha value is -0.810. The summed E-state index contributed by atoms with van der Waals surface area (Å²) in [4.78, 5) is 19.8. The lowest BCUT2D eigenvalue weighted by Crippen LogP contribution is -2.19. The second-order valence-electron chi connectivity index (χ2n) is 3.84. The van der Waals surface area contributed by atoms with E-state index in [0.29, 0.717) is 19.4 Å². The second-order valence-corrected chi connectivity index (χ2v) is 3.84. The standard InChI is InChI=1S/C9H18O5/c1-9(2,3)14-13-7-5-4-6-12-8(10)11/h4-7H2,1-3H3,(H,10,11). The van der Waals surface area contributed by atoms with Gasteiger partial charge in [-0.25, -0.2) is 14.6 Å². The minimum absolute atomic E-state index is 0.203. The van der Waals surface area contributed by atoms with Crippen molar-refractivity contribution in [2.75, 3.05) is 13.2 Å². The molecule has 0 aliphatic rings. The lowest BCUT2D eigenvalue weighted by atomic mass is 10.2. The zero-order valence-corrected chi connectivity index (χ0v) is 8.91. The highest BCUT2D eigenvalue weighted by Gasteiger charge is 2.10. The molecular weight excluding hydrogens is 188 g/mol. The van der Waals surface area contributed by atoms with Crippen LogP contribution in [0.1, 0.15) is 33.6 Å². The maximum absolute atomic E-state index is 9.94. The summed E-state index contributed by atoms with van der Waals surface area (Å²) < 4.78 is 4.31. The normalized spacial score (nSPS) is 11.4. The first-order chi connectivity index (χ1) is 6.42. The number of rotatable bonds is 6. The van der Waals surface area contributed by atoms with Gasteiger partial charge in [-0.15, -0.1) is 0 Å². The smallest absolute Gasteiger partial charge is 0.450 e. The fourth-order valence-corrected chi connectivity index (χ4v) is 0.641. The molecule has 0 bridgehead atoms. The molecule has 5 heteroatoms. The van der Waals surface area contributed by atoms with Gasteiger partial charge in [-0.3, -0.25) is 0 Å². The van der Waals surface area contributed by atoms with Crippen molar-refractivity contribution >= 4 is 6.16 Å². The van der Waals surface area contributed by atoms with Crippen LogP contribution >= 0.6 is 0 Å². The van der Waals surface area contributed by atoms with Gasteiger partial charge in [0, 0.05) is 0 Å². The van der Waals surface area contributed by atoms with Gasteiger partial charge in [0.2, 0.25) is 0 Å². The fourth-order valence-electron chi connectivity index (χ4n) is 0.641. The summed E-state index contributed by atoms with van der Waals surface area (Å²) >= 11 is 0. The molecule has 0 saturated carbocycles. The molecule has 14 heavy (non-hydrogen) atoms. The van der Waals surface area contributed by atoms with Gasteiger partial charge >= 0.3 is 6.16 Å². The molecule has 0 aliphatic heterocycles. The first kappa shape index (κ1) is 13.2. The van der Waals surface area contributed by atoms with Gasteiger partial charge in [0.15, 0.2) is 0 Å². The summed E-state index contributed by atoms with van der Waals surface area (Å²) in [6.07, 6.45) is 0.111. The third kappa shape index (κ3) is 11.2. The Kier molecular flexibility index (Phi) is 6.23. The molecule has 84 valence electrons. The third-order valence-corrected chi connectivity index (χ3v) is 1.16. The van der Waals surface area contributed by atoms with Crippen LogP contribution in [0.4, 0.5) is 4.79 Å². The second kappa shape index (κ2) is 6.62. The summed E-state index contributed by atoms with van der Waals surface area (Å²) in [5.41, 5.74) is -0.308. The van der Waals surface area contributed by atoms with Crippen LogP contribution in [0.5, 0.6) is 0 Å². The molecule has 0 aliphatic carbocycles. The van der Waals surface area contributed by atoms with Crippen molar-refractivity contribution in [3.63, 3.8) is 0 Å². The molecule has 0 rings (SSSR count). The van der Waals surface area contributed by atoms with Crippen molar-refractivity contribution in [2.24, 2.45) is 0 Å². The van der Waals surface area contributed by atoms with E-state index in [-0.39, 0.29) is 12.2 Å². The number of hydrogen-bond donors (Lipinski definition) is 1. The molecule has 0 radical (unpaired) electrons. The highest BCUT2D eigenvalue weighted by molar-refractivity contribution is 5.56. The molecule has 0 spiro atoms. The predicted molar refractivity (Wildman–Crippen MR) is 50.0 cm³/mol. The SMILES string of the molecule is CC(C)(C)OOCCCCOC(=O)O. The number of ether oxygens (including phenoxy) is 1. The zero-order chi connectivity index (χ0) is 11.0. The molecule has 1 N–H and O–H groups in total. The Morgan fingerprint density at radius 2 is 1.79 bits per heavy atom. The van der Waals surface area contributed by atoms with Gasteiger partial charge in [-0.05, 0) is 33.6 Å². The van der Waals surface area contributed by atoms with Gasteiger partial charge in [0.05, 0.1) is 18.8 Å². The van der Waals surface area contributed by atoms with Crippen LogP contribution < -0.4 is 0 Å². The fraction of sp³-hybridized carbons (Fsp3) is 0.889. The molecule has 5 nitrogen and oxygen atoms in total. The van der Waals surface area contributed by atoms with Gasteiger partial charge in [-0.1, -0.05) is 0 Å². The summed E-state index contributed by atoms with van der Waals surface area (Å²) in [5, 5.41) is 8.14. The van der Waals surface area contributed by atoms with E-state index in [9.17, 15) is 4.79 Å². The van der Waals surface area contributed by atoms with Crippen LogP contribution in [0.25, 0.3) is 0 Å². The molecular formula is C9H18O5. The van der Waals surface area contributed by atoms with Crippen LogP contribution in [0, 0.1) is 0 Å². The number of carbonyl (C=O) groups is 1.